The summed E-state index contributed by atoms with van der Waals surface area (Å²) in [5.74, 6) is 0. The Kier molecular flexibility index (Phi) is 7.54. The lowest BCUT2D eigenvalue weighted by atomic mass is 10.1. The normalized spacial score (nSPS) is 13.6. The van der Waals surface area contributed by atoms with Gasteiger partial charge in [0, 0.05) is 13.1 Å². The third kappa shape index (κ3) is 6.42. The lowest BCUT2D eigenvalue weighted by molar-refractivity contribution is -0.114. The van der Waals surface area contributed by atoms with Crippen molar-refractivity contribution in [3.63, 3.8) is 0 Å². The molecule has 146 valence electrons. The Balaban J connectivity index is 2.17. The van der Waals surface area contributed by atoms with Crippen LogP contribution in [0.3, 0.4) is 0 Å². The molecule has 0 aliphatic carbocycles. The molecule has 0 fully saturated rings. The molecule has 1 atom stereocenters. The van der Waals surface area contributed by atoms with E-state index in [2.05, 4.69) is 63.0 Å². The SMILES string of the molecule is CC(C)(C)[Si](C)(C)OC[C@H](C=O)N(Cc1ccccc1)Cc1ccccc1. The Morgan fingerprint density at radius 2 is 1.37 bits per heavy atom. The molecule has 0 heterocycles. The average Bonchev–Trinajstić information content (AvgIpc) is 2.63. The predicted molar refractivity (Wildman–Crippen MR) is 115 cm³/mol. The van der Waals surface area contributed by atoms with Crippen molar-refractivity contribution in [3.05, 3.63) is 71.8 Å². The zero-order chi connectivity index (χ0) is 19.9. The van der Waals surface area contributed by atoms with E-state index in [1.54, 1.807) is 0 Å². The molecule has 0 spiro atoms. The minimum Gasteiger partial charge on any atom is -0.415 e. The number of nitrogens with zero attached hydrogens (tertiary/aromatic N) is 1. The number of hydrogen-bond acceptors (Lipinski definition) is 3. The van der Waals surface area contributed by atoms with Crippen molar-refractivity contribution in [3.8, 4) is 0 Å². The van der Waals surface area contributed by atoms with Crippen LogP contribution in [0.25, 0.3) is 0 Å². The van der Waals surface area contributed by atoms with Gasteiger partial charge in [-0.2, -0.15) is 0 Å². The van der Waals surface area contributed by atoms with Gasteiger partial charge in [-0.25, -0.2) is 0 Å². The molecule has 27 heavy (non-hydrogen) atoms. The number of aldehydes is 1. The van der Waals surface area contributed by atoms with Gasteiger partial charge < -0.3 is 9.22 Å². The van der Waals surface area contributed by atoms with Crippen molar-refractivity contribution in [2.24, 2.45) is 0 Å². The van der Waals surface area contributed by atoms with Crippen LogP contribution in [0.2, 0.25) is 18.1 Å². The van der Waals surface area contributed by atoms with Gasteiger partial charge in [0.1, 0.15) is 6.29 Å². The first-order valence-electron chi connectivity index (χ1n) is 9.64. The highest BCUT2D eigenvalue weighted by atomic mass is 28.4. The Hall–Kier alpha value is -1.75. The molecule has 0 saturated carbocycles. The summed E-state index contributed by atoms with van der Waals surface area (Å²) in [6.45, 7) is 13.0. The second-order valence-corrected chi connectivity index (χ2v) is 13.5. The van der Waals surface area contributed by atoms with Crippen LogP contribution >= 0.6 is 0 Å². The lowest BCUT2D eigenvalue weighted by Gasteiger charge is -2.38. The van der Waals surface area contributed by atoms with Gasteiger partial charge >= 0.3 is 0 Å². The van der Waals surface area contributed by atoms with Crippen LogP contribution in [0.4, 0.5) is 0 Å². The summed E-state index contributed by atoms with van der Waals surface area (Å²) < 4.78 is 6.37. The van der Waals surface area contributed by atoms with Gasteiger partial charge in [-0.1, -0.05) is 81.4 Å². The zero-order valence-electron chi connectivity index (χ0n) is 17.3. The van der Waals surface area contributed by atoms with Crippen LogP contribution in [-0.4, -0.2) is 32.2 Å². The fraction of sp³-hybridized carbons (Fsp3) is 0.435. The minimum atomic E-state index is -1.90. The third-order valence-electron chi connectivity index (χ3n) is 5.50. The van der Waals surface area contributed by atoms with Gasteiger partial charge in [0.2, 0.25) is 0 Å². The van der Waals surface area contributed by atoms with E-state index in [-0.39, 0.29) is 11.1 Å². The lowest BCUT2D eigenvalue weighted by Crippen LogP contribution is -2.46. The van der Waals surface area contributed by atoms with Crippen LogP contribution in [0.1, 0.15) is 31.9 Å². The zero-order valence-corrected chi connectivity index (χ0v) is 18.3. The highest BCUT2D eigenvalue weighted by molar-refractivity contribution is 6.74. The third-order valence-corrected chi connectivity index (χ3v) is 10.0. The Bertz CT molecular complexity index is 654. The Morgan fingerprint density at radius 1 is 0.926 bits per heavy atom. The van der Waals surface area contributed by atoms with Gasteiger partial charge in [0.15, 0.2) is 8.32 Å². The first-order chi connectivity index (χ1) is 12.7. The van der Waals surface area contributed by atoms with E-state index < -0.39 is 8.32 Å². The molecule has 0 unspecified atom stereocenters. The van der Waals surface area contributed by atoms with Gasteiger partial charge in [-0.05, 0) is 29.3 Å². The number of carbonyl (C=O) groups excluding carboxylic acids is 1. The van der Waals surface area contributed by atoms with Crippen molar-refractivity contribution in [1.82, 2.24) is 4.90 Å². The summed E-state index contributed by atoms with van der Waals surface area (Å²) in [5, 5.41) is 0.129. The molecule has 0 saturated heterocycles. The molecule has 0 aliphatic heterocycles. The molecule has 2 rings (SSSR count). The maximum absolute atomic E-state index is 12.0. The van der Waals surface area contributed by atoms with E-state index in [1.807, 2.05) is 36.4 Å². The summed E-state index contributed by atoms with van der Waals surface area (Å²) in [7, 11) is -1.90. The Labute approximate surface area is 165 Å². The first-order valence-corrected chi connectivity index (χ1v) is 12.5. The van der Waals surface area contributed by atoms with Gasteiger partial charge in [0.05, 0.1) is 12.6 Å². The summed E-state index contributed by atoms with van der Waals surface area (Å²) in [4.78, 5) is 14.2. The van der Waals surface area contributed by atoms with Gasteiger partial charge in [-0.15, -0.1) is 0 Å². The topological polar surface area (TPSA) is 29.5 Å². The number of benzene rings is 2. The molecule has 3 nitrogen and oxygen atoms in total. The largest absolute Gasteiger partial charge is 0.415 e. The smallest absolute Gasteiger partial charge is 0.192 e. The fourth-order valence-corrected chi connectivity index (χ4v) is 3.69. The highest BCUT2D eigenvalue weighted by Gasteiger charge is 2.38. The van der Waals surface area contributed by atoms with Gasteiger partial charge in [-0.3, -0.25) is 4.90 Å². The van der Waals surface area contributed by atoms with E-state index in [1.165, 1.54) is 11.1 Å². The summed E-state index contributed by atoms with van der Waals surface area (Å²) in [6, 6.07) is 20.4. The molecule has 0 aromatic heterocycles. The van der Waals surface area contributed by atoms with Crippen LogP contribution in [0, 0.1) is 0 Å². The molecule has 4 heteroatoms. The molecule has 2 aromatic carbocycles. The van der Waals surface area contributed by atoms with E-state index in [0.717, 1.165) is 19.4 Å². The maximum atomic E-state index is 12.0. The van der Waals surface area contributed by atoms with Crippen LogP contribution in [0.5, 0.6) is 0 Å². The second-order valence-electron chi connectivity index (χ2n) is 8.65. The molecule has 0 amide bonds. The molecule has 0 bridgehead atoms. The molecule has 0 N–H and O–H groups in total. The van der Waals surface area contributed by atoms with E-state index in [9.17, 15) is 4.79 Å². The van der Waals surface area contributed by atoms with E-state index in [4.69, 9.17) is 4.43 Å². The Morgan fingerprint density at radius 3 is 1.74 bits per heavy atom. The molecule has 2 aromatic rings. The molecular formula is C23H33NO2Si. The van der Waals surface area contributed by atoms with E-state index in [0.29, 0.717) is 6.61 Å². The first kappa shape index (κ1) is 21.5. The predicted octanol–water partition coefficient (Wildman–Crippen LogP) is 5.28. The van der Waals surface area contributed by atoms with Crippen molar-refractivity contribution in [2.75, 3.05) is 6.61 Å². The van der Waals surface area contributed by atoms with Crippen molar-refractivity contribution in [1.29, 1.82) is 0 Å². The van der Waals surface area contributed by atoms with Crippen LogP contribution < -0.4 is 0 Å². The van der Waals surface area contributed by atoms with Crippen LogP contribution in [0.15, 0.2) is 60.7 Å². The second kappa shape index (κ2) is 9.45. The molecule has 0 radical (unpaired) electrons. The standard InChI is InChI=1S/C23H33NO2Si/c1-23(2,3)27(4,5)26-19-22(18-25)24(16-20-12-8-6-9-13-20)17-21-14-10-7-11-15-21/h6-15,18,22H,16-17,19H2,1-5H3/t22-/m0/s1. The maximum Gasteiger partial charge on any atom is 0.192 e. The number of hydrogen-bond donors (Lipinski definition) is 0. The van der Waals surface area contributed by atoms with Crippen molar-refractivity contribution in [2.45, 2.75) is 58.0 Å². The average molecular weight is 384 g/mol. The quantitative estimate of drug-likeness (QED) is 0.436. The fourth-order valence-electron chi connectivity index (χ4n) is 2.67. The summed E-state index contributed by atoms with van der Waals surface area (Å²) >= 11 is 0. The summed E-state index contributed by atoms with van der Waals surface area (Å²) in [5.41, 5.74) is 2.40. The van der Waals surface area contributed by atoms with E-state index >= 15 is 0 Å². The number of carbonyl (C=O) groups is 1. The van der Waals surface area contributed by atoms with Crippen molar-refractivity contribution < 1.29 is 9.22 Å². The molecule has 0 aliphatic rings. The highest BCUT2D eigenvalue weighted by Crippen LogP contribution is 2.36. The minimum absolute atomic E-state index is 0.129. The van der Waals surface area contributed by atoms with Crippen molar-refractivity contribution >= 4 is 14.6 Å². The summed E-state index contributed by atoms with van der Waals surface area (Å²) in [6.07, 6.45) is 1.04. The van der Waals surface area contributed by atoms with Crippen LogP contribution in [-0.2, 0) is 22.3 Å². The monoisotopic (exact) mass is 383 g/mol. The van der Waals surface area contributed by atoms with Gasteiger partial charge in [0.25, 0.3) is 0 Å². The number of rotatable bonds is 9. The molecular weight excluding hydrogens is 350 g/mol.